The first-order valence-electron chi connectivity index (χ1n) is 5.91. The van der Waals surface area contributed by atoms with Crippen LogP contribution in [-0.4, -0.2) is 55.6 Å². The van der Waals surface area contributed by atoms with Crippen molar-refractivity contribution in [1.82, 2.24) is 9.62 Å². The average molecular weight is 312 g/mol. The lowest BCUT2D eigenvalue weighted by Gasteiger charge is -2.13. The fourth-order valence-corrected chi connectivity index (χ4v) is 2.57. The number of rotatable bonds is 5. The molecule has 0 spiro atoms. The van der Waals surface area contributed by atoms with Crippen molar-refractivity contribution in [2.45, 2.75) is 0 Å². The van der Waals surface area contributed by atoms with Crippen molar-refractivity contribution in [2.75, 3.05) is 19.3 Å². The first kappa shape index (κ1) is 15.1. The number of carboxylic acids is 1. The Morgan fingerprint density at radius 3 is 2.43 bits per heavy atom. The van der Waals surface area contributed by atoms with Crippen molar-refractivity contribution in [3.63, 3.8) is 0 Å². The normalized spacial score (nSPS) is 14.4. The van der Waals surface area contributed by atoms with Crippen molar-refractivity contribution in [1.29, 1.82) is 0 Å². The Morgan fingerprint density at radius 2 is 1.86 bits per heavy atom. The van der Waals surface area contributed by atoms with Gasteiger partial charge in [-0.3, -0.25) is 14.5 Å². The molecule has 1 aliphatic heterocycles. The first-order chi connectivity index (χ1) is 9.76. The minimum Gasteiger partial charge on any atom is -0.478 e. The summed E-state index contributed by atoms with van der Waals surface area (Å²) in [5, 5.41) is 8.88. The van der Waals surface area contributed by atoms with Gasteiger partial charge >= 0.3 is 5.97 Å². The molecule has 0 aliphatic carbocycles. The molecule has 0 saturated heterocycles. The van der Waals surface area contributed by atoms with E-state index in [2.05, 4.69) is 4.72 Å². The number of aromatic carboxylic acids is 1. The third-order valence-corrected chi connectivity index (χ3v) is 4.45. The van der Waals surface area contributed by atoms with Crippen LogP contribution in [0.3, 0.4) is 0 Å². The second kappa shape index (κ2) is 5.26. The molecule has 1 aromatic rings. The molecule has 8 nitrogen and oxygen atoms in total. The number of carboxylic acid groups (broad SMARTS) is 1. The van der Waals surface area contributed by atoms with Crippen molar-refractivity contribution in [3.8, 4) is 0 Å². The summed E-state index contributed by atoms with van der Waals surface area (Å²) in [5.74, 6) is -2.95. The number of amides is 2. The summed E-state index contributed by atoms with van der Waals surface area (Å²) >= 11 is 0. The molecular formula is C12H12N2O6S. The third-order valence-electron chi connectivity index (χ3n) is 3.11. The largest absolute Gasteiger partial charge is 0.478 e. The lowest BCUT2D eigenvalue weighted by Crippen LogP contribution is -2.36. The van der Waals surface area contributed by atoms with Crippen LogP contribution in [0.4, 0.5) is 0 Å². The number of sulfonamides is 1. The van der Waals surface area contributed by atoms with Gasteiger partial charge in [-0.1, -0.05) is 0 Å². The van der Waals surface area contributed by atoms with Gasteiger partial charge in [-0.25, -0.2) is 17.9 Å². The van der Waals surface area contributed by atoms with Gasteiger partial charge in [0.1, 0.15) is 0 Å². The number of hydrogen-bond acceptors (Lipinski definition) is 5. The Hall–Kier alpha value is -2.26. The zero-order valence-corrected chi connectivity index (χ0v) is 11.8. The van der Waals surface area contributed by atoms with E-state index in [-0.39, 0.29) is 23.2 Å². The highest BCUT2D eigenvalue weighted by Crippen LogP contribution is 2.24. The highest BCUT2D eigenvalue weighted by atomic mass is 32.2. The summed E-state index contributed by atoms with van der Waals surface area (Å²) in [6, 6.07) is 3.59. The van der Waals surface area contributed by atoms with Gasteiger partial charge in [0.2, 0.25) is 10.0 Å². The zero-order chi connectivity index (χ0) is 15.8. The number of hydrogen-bond donors (Lipinski definition) is 2. The zero-order valence-electron chi connectivity index (χ0n) is 11.0. The van der Waals surface area contributed by atoms with Crippen LogP contribution >= 0.6 is 0 Å². The smallest absolute Gasteiger partial charge is 0.335 e. The quantitative estimate of drug-likeness (QED) is 0.709. The highest BCUT2D eigenvalue weighted by molar-refractivity contribution is 7.89. The van der Waals surface area contributed by atoms with Crippen molar-refractivity contribution >= 4 is 27.8 Å². The van der Waals surface area contributed by atoms with Crippen LogP contribution in [0.5, 0.6) is 0 Å². The van der Waals surface area contributed by atoms with Crippen LogP contribution < -0.4 is 4.72 Å². The maximum atomic E-state index is 12.1. The molecule has 1 aliphatic rings. The Bertz CT molecular complexity index is 740. The number of fused-ring (bicyclic) bond motifs is 1. The minimum absolute atomic E-state index is 0.0262. The Kier molecular flexibility index (Phi) is 3.79. The predicted molar refractivity (Wildman–Crippen MR) is 71.6 cm³/mol. The fourth-order valence-electron chi connectivity index (χ4n) is 1.94. The van der Waals surface area contributed by atoms with Crippen LogP contribution in [-0.2, 0) is 10.0 Å². The van der Waals surface area contributed by atoms with E-state index in [0.717, 1.165) is 11.0 Å². The minimum atomic E-state index is -3.55. The topological polar surface area (TPSA) is 121 Å². The van der Waals surface area contributed by atoms with Gasteiger partial charge in [0.05, 0.1) is 22.4 Å². The van der Waals surface area contributed by atoms with E-state index in [1.165, 1.54) is 19.2 Å². The number of carbonyl (C=O) groups is 3. The van der Waals surface area contributed by atoms with E-state index in [1.54, 1.807) is 0 Å². The van der Waals surface area contributed by atoms with E-state index in [0.29, 0.717) is 0 Å². The van der Waals surface area contributed by atoms with Gasteiger partial charge in [0.15, 0.2) is 0 Å². The van der Waals surface area contributed by atoms with Crippen molar-refractivity contribution in [2.24, 2.45) is 0 Å². The summed E-state index contributed by atoms with van der Waals surface area (Å²) in [6.45, 7) is -0.294. The molecule has 2 rings (SSSR count). The molecule has 1 aromatic carbocycles. The molecule has 0 fully saturated rings. The molecular weight excluding hydrogens is 300 g/mol. The van der Waals surface area contributed by atoms with Gasteiger partial charge in [-0.2, -0.15) is 0 Å². The molecule has 0 saturated carbocycles. The van der Waals surface area contributed by atoms with Gasteiger partial charge < -0.3 is 5.11 Å². The maximum Gasteiger partial charge on any atom is 0.335 e. The summed E-state index contributed by atoms with van der Waals surface area (Å²) in [5.41, 5.74) is -0.0618. The molecule has 0 bridgehead atoms. The fraction of sp³-hybridized carbons (Fsp3) is 0.250. The Morgan fingerprint density at radius 1 is 1.24 bits per heavy atom. The summed E-state index contributed by atoms with van der Waals surface area (Å²) in [6.07, 6.45) is 0. The Balaban J connectivity index is 2.28. The van der Waals surface area contributed by atoms with Crippen LogP contribution in [0.15, 0.2) is 18.2 Å². The van der Waals surface area contributed by atoms with Crippen molar-refractivity contribution in [3.05, 3.63) is 34.9 Å². The summed E-state index contributed by atoms with van der Waals surface area (Å²) in [4.78, 5) is 35.8. The van der Waals surface area contributed by atoms with Gasteiger partial charge in [0, 0.05) is 6.54 Å². The number of nitrogens with one attached hydrogen (secondary N) is 1. The predicted octanol–water partition coefficient (Wildman–Crippen LogP) is -0.470. The molecule has 21 heavy (non-hydrogen) atoms. The van der Waals surface area contributed by atoms with E-state index < -0.39 is 33.6 Å². The third kappa shape index (κ3) is 2.78. The molecule has 0 aromatic heterocycles. The van der Waals surface area contributed by atoms with Gasteiger partial charge in [-0.05, 0) is 25.2 Å². The van der Waals surface area contributed by atoms with E-state index in [9.17, 15) is 22.8 Å². The molecule has 1 heterocycles. The standard InChI is InChI=1S/C12H12N2O6S/c1-13-21(19,20)5-4-14-10(15)8-3-2-7(12(17)18)6-9(8)11(14)16/h2-3,6,13H,4-5H2,1H3,(H,17,18). The SMILES string of the molecule is CNS(=O)(=O)CCN1C(=O)c2ccc(C(=O)O)cc2C1=O. The second-order valence-corrected chi connectivity index (χ2v) is 6.40. The van der Waals surface area contributed by atoms with E-state index in [4.69, 9.17) is 5.11 Å². The number of benzene rings is 1. The van der Waals surface area contributed by atoms with E-state index >= 15 is 0 Å². The van der Waals surface area contributed by atoms with Crippen molar-refractivity contribution < 1.29 is 27.9 Å². The lowest BCUT2D eigenvalue weighted by atomic mass is 10.1. The summed E-state index contributed by atoms with van der Waals surface area (Å²) in [7, 11) is -2.32. The van der Waals surface area contributed by atoms with Crippen LogP contribution in [0.25, 0.3) is 0 Å². The first-order valence-corrected chi connectivity index (χ1v) is 7.57. The molecule has 9 heteroatoms. The highest BCUT2D eigenvalue weighted by Gasteiger charge is 2.36. The van der Waals surface area contributed by atoms with E-state index in [1.807, 2.05) is 0 Å². The molecule has 0 radical (unpaired) electrons. The van der Waals surface area contributed by atoms with Gasteiger partial charge in [0.25, 0.3) is 11.8 Å². The monoisotopic (exact) mass is 312 g/mol. The molecule has 2 amide bonds. The number of imide groups is 1. The summed E-state index contributed by atoms with van der Waals surface area (Å²) < 4.78 is 24.8. The molecule has 0 atom stereocenters. The molecule has 0 unspecified atom stereocenters. The van der Waals surface area contributed by atoms with Crippen LogP contribution in [0.2, 0.25) is 0 Å². The van der Waals surface area contributed by atoms with Gasteiger partial charge in [-0.15, -0.1) is 0 Å². The number of nitrogens with zero attached hydrogens (tertiary/aromatic N) is 1. The molecule has 2 N–H and O–H groups in total. The lowest BCUT2D eigenvalue weighted by molar-refractivity contribution is 0.0661. The second-order valence-electron chi connectivity index (χ2n) is 4.35. The maximum absolute atomic E-state index is 12.1. The Labute approximate surface area is 120 Å². The number of carbonyl (C=O) groups excluding carboxylic acids is 2. The van der Waals surface area contributed by atoms with Crippen LogP contribution in [0, 0.1) is 0 Å². The molecule has 112 valence electrons. The average Bonchev–Trinajstić information content (AvgIpc) is 2.68. The van der Waals surface area contributed by atoms with Crippen LogP contribution in [0.1, 0.15) is 31.1 Å².